The molecule has 22 heavy (non-hydrogen) atoms. The minimum Gasteiger partial charge on any atom is -0.440 e. The predicted molar refractivity (Wildman–Crippen MR) is 81.9 cm³/mol. The van der Waals surface area contributed by atoms with Crippen LogP contribution in [0.25, 0.3) is 11.1 Å². The molecule has 0 aliphatic heterocycles. The number of rotatable bonds is 2. The highest BCUT2D eigenvalue weighted by Gasteiger charge is 2.16. The summed E-state index contributed by atoms with van der Waals surface area (Å²) >= 11 is 0. The number of aromatic nitrogens is 1. The van der Waals surface area contributed by atoms with E-state index in [1.165, 1.54) is 12.1 Å². The van der Waals surface area contributed by atoms with Crippen LogP contribution in [0.4, 0.5) is 8.78 Å². The summed E-state index contributed by atoms with van der Waals surface area (Å²) in [5, 5.41) is 0. The fourth-order valence-corrected chi connectivity index (χ4v) is 2.40. The van der Waals surface area contributed by atoms with Crippen molar-refractivity contribution in [2.24, 2.45) is 0 Å². The van der Waals surface area contributed by atoms with Gasteiger partial charge >= 0.3 is 0 Å². The summed E-state index contributed by atoms with van der Waals surface area (Å²) in [6.07, 6.45) is 0.258. The molecule has 114 valence electrons. The zero-order valence-corrected chi connectivity index (χ0v) is 12.8. The first-order valence-corrected chi connectivity index (χ1v) is 7.16. The molecule has 3 rings (SSSR count). The summed E-state index contributed by atoms with van der Waals surface area (Å²) in [6, 6.07) is 9.33. The van der Waals surface area contributed by atoms with Gasteiger partial charge in [-0.05, 0) is 40.8 Å². The third-order valence-electron chi connectivity index (χ3n) is 3.58. The van der Waals surface area contributed by atoms with E-state index in [9.17, 15) is 8.78 Å². The third-order valence-corrected chi connectivity index (χ3v) is 3.58. The van der Waals surface area contributed by atoms with E-state index in [0.717, 1.165) is 17.1 Å². The van der Waals surface area contributed by atoms with E-state index in [1.807, 2.05) is 18.2 Å². The molecule has 4 heteroatoms. The molecule has 1 aromatic heterocycles. The van der Waals surface area contributed by atoms with Crippen LogP contribution in [0.5, 0.6) is 0 Å². The summed E-state index contributed by atoms with van der Waals surface area (Å²) in [4.78, 5) is 4.43. The molecule has 0 unspecified atom stereocenters. The summed E-state index contributed by atoms with van der Waals surface area (Å²) in [5.74, 6) is -0.742. The van der Waals surface area contributed by atoms with E-state index in [0.29, 0.717) is 17.0 Å². The molecule has 0 spiro atoms. The maximum atomic E-state index is 13.2. The lowest BCUT2D eigenvalue weighted by atomic mass is 9.87. The van der Waals surface area contributed by atoms with Crippen molar-refractivity contribution < 1.29 is 13.2 Å². The van der Waals surface area contributed by atoms with Crippen LogP contribution < -0.4 is 0 Å². The number of benzene rings is 2. The number of hydrogen-bond donors (Lipinski definition) is 0. The van der Waals surface area contributed by atoms with E-state index in [4.69, 9.17) is 4.42 Å². The van der Waals surface area contributed by atoms with Crippen LogP contribution >= 0.6 is 0 Å². The smallest absolute Gasteiger partial charge is 0.199 e. The Morgan fingerprint density at radius 2 is 1.68 bits per heavy atom. The molecule has 0 saturated carbocycles. The van der Waals surface area contributed by atoms with Crippen molar-refractivity contribution in [3.63, 3.8) is 0 Å². The van der Waals surface area contributed by atoms with Crippen LogP contribution in [-0.4, -0.2) is 4.98 Å². The van der Waals surface area contributed by atoms with Gasteiger partial charge in [0.15, 0.2) is 11.5 Å². The molecule has 0 radical (unpaired) electrons. The second kappa shape index (κ2) is 5.20. The second-order valence-electron chi connectivity index (χ2n) is 6.49. The van der Waals surface area contributed by atoms with Gasteiger partial charge in [-0.3, -0.25) is 0 Å². The Hall–Kier alpha value is -2.23. The molecular formula is C18H17F2NO. The summed E-state index contributed by atoms with van der Waals surface area (Å²) < 4.78 is 32.1. The Balaban J connectivity index is 1.95. The van der Waals surface area contributed by atoms with Crippen molar-refractivity contribution in [3.8, 4) is 0 Å². The highest BCUT2D eigenvalue weighted by molar-refractivity contribution is 5.73. The van der Waals surface area contributed by atoms with E-state index in [2.05, 4.69) is 25.8 Å². The highest BCUT2D eigenvalue weighted by Crippen LogP contribution is 2.27. The fourth-order valence-electron chi connectivity index (χ4n) is 2.40. The molecule has 3 aromatic rings. The van der Waals surface area contributed by atoms with Crippen LogP contribution in [0.2, 0.25) is 0 Å². The minimum absolute atomic E-state index is 0.0268. The van der Waals surface area contributed by atoms with Gasteiger partial charge in [0.05, 0.1) is 0 Å². The lowest BCUT2D eigenvalue weighted by Gasteiger charge is -2.18. The molecule has 0 saturated heterocycles. The predicted octanol–water partition coefficient (Wildman–Crippen LogP) is 4.99. The van der Waals surface area contributed by atoms with Crippen LogP contribution in [0, 0.1) is 11.6 Å². The maximum absolute atomic E-state index is 13.2. The lowest BCUT2D eigenvalue weighted by Crippen LogP contribution is -2.10. The largest absolute Gasteiger partial charge is 0.440 e. The Labute approximate surface area is 127 Å². The van der Waals surface area contributed by atoms with Gasteiger partial charge < -0.3 is 4.42 Å². The van der Waals surface area contributed by atoms with E-state index in [-0.39, 0.29) is 11.8 Å². The van der Waals surface area contributed by atoms with Gasteiger partial charge in [0.1, 0.15) is 17.2 Å². The van der Waals surface area contributed by atoms with E-state index in [1.54, 1.807) is 0 Å². The van der Waals surface area contributed by atoms with Crippen molar-refractivity contribution in [2.75, 3.05) is 0 Å². The molecule has 0 N–H and O–H groups in total. The first-order valence-electron chi connectivity index (χ1n) is 7.16. The molecule has 0 bridgehead atoms. The first-order chi connectivity index (χ1) is 10.3. The van der Waals surface area contributed by atoms with Gasteiger partial charge in [0.25, 0.3) is 0 Å². The minimum atomic E-state index is -0.596. The zero-order valence-electron chi connectivity index (χ0n) is 12.8. The van der Waals surface area contributed by atoms with Crippen molar-refractivity contribution >= 4 is 11.1 Å². The van der Waals surface area contributed by atoms with E-state index >= 15 is 0 Å². The average Bonchev–Trinajstić information content (AvgIpc) is 2.77. The molecule has 0 aliphatic rings. The molecule has 2 aromatic carbocycles. The Kier molecular flexibility index (Phi) is 3.47. The van der Waals surface area contributed by atoms with Crippen molar-refractivity contribution in [1.82, 2.24) is 4.98 Å². The average molecular weight is 301 g/mol. The normalized spacial score (nSPS) is 12.0. The number of oxazole rings is 1. The Bertz CT molecular complexity index is 810. The fraction of sp³-hybridized carbons (Fsp3) is 0.278. The second-order valence-corrected chi connectivity index (χ2v) is 6.49. The van der Waals surface area contributed by atoms with Gasteiger partial charge in [0.2, 0.25) is 0 Å². The standard InChI is InChI=1S/C18H17F2NO/c1-18(2,3)12-4-5-16-15(9-12)21-17(22-16)8-11-6-13(19)10-14(20)7-11/h4-7,9-10H,8H2,1-3H3. The molecule has 0 fully saturated rings. The lowest BCUT2D eigenvalue weighted by molar-refractivity contribution is 0.539. The van der Waals surface area contributed by atoms with Crippen molar-refractivity contribution in [1.29, 1.82) is 0 Å². The summed E-state index contributed by atoms with van der Waals surface area (Å²) in [6.45, 7) is 6.39. The Morgan fingerprint density at radius 3 is 2.32 bits per heavy atom. The topological polar surface area (TPSA) is 26.0 Å². The molecule has 0 aliphatic carbocycles. The van der Waals surface area contributed by atoms with Gasteiger partial charge in [-0.15, -0.1) is 0 Å². The number of fused-ring (bicyclic) bond motifs is 1. The summed E-state index contributed by atoms with van der Waals surface area (Å²) in [7, 11) is 0. The molecule has 0 amide bonds. The van der Waals surface area contributed by atoms with Crippen LogP contribution in [0.15, 0.2) is 40.8 Å². The monoisotopic (exact) mass is 301 g/mol. The van der Waals surface area contributed by atoms with Crippen LogP contribution in [-0.2, 0) is 11.8 Å². The SMILES string of the molecule is CC(C)(C)c1ccc2oc(Cc3cc(F)cc(F)c3)nc2c1. The maximum Gasteiger partial charge on any atom is 0.199 e. The number of nitrogens with zero attached hydrogens (tertiary/aromatic N) is 1. The van der Waals surface area contributed by atoms with E-state index < -0.39 is 11.6 Å². The van der Waals surface area contributed by atoms with Crippen LogP contribution in [0.1, 0.15) is 37.8 Å². The summed E-state index contributed by atoms with van der Waals surface area (Å²) in [5.41, 5.74) is 3.13. The van der Waals surface area contributed by atoms with Gasteiger partial charge in [-0.2, -0.15) is 0 Å². The molecule has 0 atom stereocenters. The highest BCUT2D eigenvalue weighted by atomic mass is 19.1. The van der Waals surface area contributed by atoms with Crippen molar-refractivity contribution in [2.45, 2.75) is 32.6 Å². The first kappa shape index (κ1) is 14.7. The quantitative estimate of drug-likeness (QED) is 0.666. The van der Waals surface area contributed by atoms with Gasteiger partial charge in [-0.25, -0.2) is 13.8 Å². The molecule has 1 heterocycles. The number of hydrogen-bond acceptors (Lipinski definition) is 2. The Morgan fingerprint density at radius 1 is 1.00 bits per heavy atom. The van der Waals surface area contributed by atoms with Crippen LogP contribution in [0.3, 0.4) is 0 Å². The van der Waals surface area contributed by atoms with Crippen molar-refractivity contribution in [3.05, 3.63) is 65.1 Å². The molecule has 2 nitrogen and oxygen atoms in total. The number of halogens is 2. The zero-order chi connectivity index (χ0) is 15.9. The molecular weight excluding hydrogens is 284 g/mol. The van der Waals surface area contributed by atoms with Gasteiger partial charge in [-0.1, -0.05) is 26.8 Å². The third kappa shape index (κ3) is 3.01. The van der Waals surface area contributed by atoms with Gasteiger partial charge in [0, 0.05) is 12.5 Å².